The Hall–Kier alpha value is -1.60. The lowest BCUT2D eigenvalue weighted by atomic mass is 9.94. The number of aliphatic hydroxyl groups excluding tert-OH is 1. The molecule has 1 saturated carbocycles. The molecule has 3 rings (SSSR count). The van der Waals surface area contributed by atoms with Crippen molar-refractivity contribution in [3.63, 3.8) is 0 Å². The first-order valence-electron chi connectivity index (χ1n) is 8.50. The Morgan fingerprint density at radius 1 is 1.52 bits per heavy atom. The highest BCUT2D eigenvalue weighted by atomic mass is 16.5. The van der Waals surface area contributed by atoms with Gasteiger partial charge in [0.25, 0.3) is 0 Å². The summed E-state index contributed by atoms with van der Waals surface area (Å²) in [6.07, 6.45) is 6.21. The molecule has 0 radical (unpaired) electrons. The van der Waals surface area contributed by atoms with Crippen LogP contribution in [0.2, 0.25) is 0 Å². The van der Waals surface area contributed by atoms with E-state index < -0.39 is 0 Å². The summed E-state index contributed by atoms with van der Waals surface area (Å²) in [4.78, 5) is 14.4. The number of hydrogen-bond donors (Lipinski definition) is 2. The monoisotopic (exact) mass is 322 g/mol. The van der Waals surface area contributed by atoms with Gasteiger partial charge in [-0.3, -0.25) is 4.68 Å². The van der Waals surface area contributed by atoms with Crippen LogP contribution in [-0.4, -0.2) is 57.7 Å². The molecule has 2 amide bonds. The Kier molecular flexibility index (Phi) is 5.17. The molecule has 7 nitrogen and oxygen atoms in total. The average molecular weight is 322 g/mol. The van der Waals surface area contributed by atoms with Crippen molar-refractivity contribution in [2.24, 2.45) is 5.92 Å². The zero-order valence-electron chi connectivity index (χ0n) is 13.6. The van der Waals surface area contributed by atoms with Crippen LogP contribution >= 0.6 is 0 Å². The third-order valence-electron chi connectivity index (χ3n) is 4.91. The fraction of sp³-hybridized carbons (Fsp3) is 0.750. The maximum atomic E-state index is 12.6. The molecule has 0 aromatic carbocycles. The molecular formula is C16H26N4O3. The normalized spacial score (nSPS) is 28.1. The first-order valence-corrected chi connectivity index (χ1v) is 8.50. The highest BCUT2D eigenvalue weighted by molar-refractivity contribution is 5.74. The summed E-state index contributed by atoms with van der Waals surface area (Å²) in [5.74, 6) is 0.129. The molecule has 0 bridgehead atoms. The van der Waals surface area contributed by atoms with Crippen molar-refractivity contribution in [3.8, 4) is 0 Å². The second-order valence-corrected chi connectivity index (χ2v) is 6.36. The van der Waals surface area contributed by atoms with Crippen LogP contribution < -0.4 is 5.32 Å². The van der Waals surface area contributed by atoms with Crippen LogP contribution in [0.5, 0.6) is 0 Å². The van der Waals surface area contributed by atoms with Gasteiger partial charge >= 0.3 is 6.03 Å². The van der Waals surface area contributed by atoms with Crippen LogP contribution in [0.1, 0.15) is 31.7 Å². The fourth-order valence-electron chi connectivity index (χ4n) is 3.60. The topological polar surface area (TPSA) is 79.6 Å². The zero-order valence-corrected chi connectivity index (χ0v) is 13.6. The largest absolute Gasteiger partial charge is 0.393 e. The second-order valence-electron chi connectivity index (χ2n) is 6.36. The average Bonchev–Trinajstić information content (AvgIpc) is 3.21. The van der Waals surface area contributed by atoms with E-state index in [9.17, 15) is 9.90 Å². The van der Waals surface area contributed by atoms with Gasteiger partial charge in [-0.2, -0.15) is 5.10 Å². The van der Waals surface area contributed by atoms with E-state index in [1.165, 1.54) is 0 Å². The second kappa shape index (κ2) is 7.31. The first kappa shape index (κ1) is 16.3. The number of amides is 2. The van der Waals surface area contributed by atoms with Crippen molar-refractivity contribution in [2.45, 2.75) is 51.4 Å². The van der Waals surface area contributed by atoms with E-state index in [1.54, 1.807) is 6.20 Å². The van der Waals surface area contributed by atoms with E-state index in [4.69, 9.17) is 4.74 Å². The van der Waals surface area contributed by atoms with Crippen LogP contribution in [0.4, 0.5) is 4.79 Å². The van der Waals surface area contributed by atoms with Gasteiger partial charge in [-0.1, -0.05) is 6.42 Å². The lowest BCUT2D eigenvalue weighted by Crippen LogP contribution is -2.56. The van der Waals surface area contributed by atoms with E-state index >= 15 is 0 Å². The van der Waals surface area contributed by atoms with E-state index in [2.05, 4.69) is 10.4 Å². The van der Waals surface area contributed by atoms with E-state index in [-0.39, 0.29) is 24.1 Å². The molecule has 1 aromatic rings. The maximum absolute atomic E-state index is 12.6. The highest BCUT2D eigenvalue weighted by Gasteiger charge is 2.39. The lowest BCUT2D eigenvalue weighted by molar-refractivity contribution is -0.0309. The van der Waals surface area contributed by atoms with Crippen molar-refractivity contribution in [2.75, 3.05) is 19.8 Å². The fourth-order valence-corrected chi connectivity index (χ4v) is 3.60. The minimum Gasteiger partial charge on any atom is -0.393 e. The maximum Gasteiger partial charge on any atom is 0.318 e. The molecule has 2 fully saturated rings. The van der Waals surface area contributed by atoms with Gasteiger partial charge in [-0.15, -0.1) is 0 Å². The smallest absolute Gasteiger partial charge is 0.318 e. The van der Waals surface area contributed by atoms with Crippen LogP contribution in [0.15, 0.2) is 12.4 Å². The number of ether oxygens (including phenoxy) is 1. The number of carbonyl (C=O) groups is 1. The Labute approximate surface area is 136 Å². The van der Waals surface area contributed by atoms with Crippen LogP contribution in [0, 0.1) is 5.92 Å². The summed E-state index contributed by atoms with van der Waals surface area (Å²) >= 11 is 0. The number of rotatable bonds is 4. The third kappa shape index (κ3) is 3.67. The Balaban J connectivity index is 1.59. The molecule has 1 saturated heterocycles. The number of nitrogens with zero attached hydrogens (tertiary/aromatic N) is 3. The molecule has 128 valence electrons. The molecule has 1 aliphatic heterocycles. The molecule has 2 heterocycles. The van der Waals surface area contributed by atoms with Gasteiger partial charge in [0.05, 0.1) is 31.6 Å². The predicted octanol–water partition coefficient (Wildman–Crippen LogP) is 0.974. The van der Waals surface area contributed by atoms with Gasteiger partial charge in [-0.25, -0.2) is 4.79 Å². The van der Waals surface area contributed by atoms with Gasteiger partial charge in [0.1, 0.15) is 0 Å². The summed E-state index contributed by atoms with van der Waals surface area (Å²) < 4.78 is 7.40. The van der Waals surface area contributed by atoms with Gasteiger partial charge in [0.2, 0.25) is 0 Å². The number of nitrogens with one attached hydrogen (secondary N) is 1. The molecule has 1 aromatic heterocycles. The minimum atomic E-state index is -0.320. The predicted molar refractivity (Wildman–Crippen MR) is 84.8 cm³/mol. The Bertz CT molecular complexity index is 533. The minimum absolute atomic E-state index is 0.0281. The molecule has 2 N–H and O–H groups in total. The van der Waals surface area contributed by atoms with Crippen LogP contribution in [0.25, 0.3) is 0 Å². The van der Waals surface area contributed by atoms with Gasteiger partial charge in [-0.05, 0) is 19.8 Å². The Morgan fingerprint density at radius 2 is 2.39 bits per heavy atom. The number of carbonyl (C=O) groups excluding carboxylic acids is 1. The molecule has 1 aliphatic carbocycles. The molecule has 7 heteroatoms. The van der Waals surface area contributed by atoms with Gasteiger partial charge in [0.15, 0.2) is 0 Å². The molecule has 0 spiro atoms. The number of morpholine rings is 1. The van der Waals surface area contributed by atoms with E-state index in [1.807, 2.05) is 22.7 Å². The molecule has 23 heavy (non-hydrogen) atoms. The van der Waals surface area contributed by atoms with Crippen LogP contribution in [0.3, 0.4) is 0 Å². The Morgan fingerprint density at radius 3 is 3.09 bits per heavy atom. The lowest BCUT2D eigenvalue weighted by Gasteiger charge is -2.39. The molecule has 2 aliphatic rings. The summed E-state index contributed by atoms with van der Waals surface area (Å²) in [6, 6.07) is -0.110. The molecule has 3 unspecified atom stereocenters. The number of aliphatic hydroxyl groups is 1. The third-order valence-corrected chi connectivity index (χ3v) is 4.91. The number of aryl methyl sites for hydroxylation is 1. The van der Waals surface area contributed by atoms with Crippen molar-refractivity contribution in [1.29, 1.82) is 0 Å². The molecule has 3 atom stereocenters. The standard InChI is InChI=1S/C16H26N4O3/c1-2-19-10-12(9-18-19)8-17-16(22)20-6-7-23-11-14(20)13-4-3-5-15(13)21/h9-10,13-15,21H,2-8,11H2,1H3,(H,17,22). The molecular weight excluding hydrogens is 296 g/mol. The first-order chi connectivity index (χ1) is 11.2. The summed E-state index contributed by atoms with van der Waals surface area (Å²) in [7, 11) is 0. The van der Waals surface area contributed by atoms with Gasteiger partial charge in [0, 0.05) is 37.3 Å². The van der Waals surface area contributed by atoms with Crippen molar-refractivity contribution >= 4 is 6.03 Å². The van der Waals surface area contributed by atoms with Crippen LogP contribution in [-0.2, 0) is 17.8 Å². The number of aromatic nitrogens is 2. The van der Waals surface area contributed by atoms with Crippen molar-refractivity contribution in [1.82, 2.24) is 20.0 Å². The summed E-state index contributed by atoms with van der Waals surface area (Å²) in [6.45, 7) is 4.97. The van der Waals surface area contributed by atoms with Gasteiger partial charge < -0.3 is 20.1 Å². The number of urea groups is 1. The van der Waals surface area contributed by atoms with Crippen molar-refractivity contribution in [3.05, 3.63) is 18.0 Å². The summed E-state index contributed by atoms with van der Waals surface area (Å²) in [5, 5.41) is 17.3. The van der Waals surface area contributed by atoms with E-state index in [0.29, 0.717) is 26.3 Å². The van der Waals surface area contributed by atoms with E-state index in [0.717, 1.165) is 31.4 Å². The quantitative estimate of drug-likeness (QED) is 0.866. The SMILES string of the molecule is CCn1cc(CNC(=O)N2CCOCC2C2CCCC2O)cn1. The van der Waals surface area contributed by atoms with Crippen molar-refractivity contribution < 1.29 is 14.6 Å². The summed E-state index contributed by atoms with van der Waals surface area (Å²) in [5.41, 5.74) is 0.992. The highest BCUT2D eigenvalue weighted by Crippen LogP contribution is 2.32. The number of hydrogen-bond acceptors (Lipinski definition) is 4. The zero-order chi connectivity index (χ0) is 16.2.